The summed E-state index contributed by atoms with van der Waals surface area (Å²) in [6.07, 6.45) is -2.76. The number of fused-ring (bicyclic) bond motifs is 1. The Balaban J connectivity index is 2.01. The number of thioether (sulfide) groups is 1. The number of pyridine rings is 1. The molecule has 2 aromatic carbocycles. The summed E-state index contributed by atoms with van der Waals surface area (Å²) in [5, 5.41) is 9.25. The van der Waals surface area contributed by atoms with E-state index in [1.165, 1.54) is 23.9 Å². The van der Waals surface area contributed by atoms with Crippen LogP contribution in [0.15, 0.2) is 59.6 Å². The minimum Gasteiger partial charge on any atom is -0.480 e. The van der Waals surface area contributed by atoms with E-state index in [1.54, 1.807) is 31.3 Å². The highest BCUT2D eigenvalue weighted by Gasteiger charge is 2.30. The van der Waals surface area contributed by atoms with Gasteiger partial charge in [0.25, 0.3) is 0 Å². The summed E-state index contributed by atoms with van der Waals surface area (Å²) in [7, 11) is 0. The molecule has 7 heteroatoms. The molecule has 0 aliphatic carbocycles. The third-order valence-corrected chi connectivity index (χ3v) is 5.06. The number of carboxylic acids is 1. The van der Waals surface area contributed by atoms with Crippen LogP contribution in [0.5, 0.6) is 0 Å². The number of aromatic nitrogens is 1. The van der Waals surface area contributed by atoms with E-state index < -0.39 is 23.0 Å². The fraction of sp³-hybridized carbons (Fsp3) is 0.158. The van der Waals surface area contributed by atoms with Crippen LogP contribution in [0, 0.1) is 0 Å². The van der Waals surface area contributed by atoms with Crippen molar-refractivity contribution in [2.45, 2.75) is 23.2 Å². The molecule has 0 aliphatic heterocycles. The van der Waals surface area contributed by atoms with Crippen molar-refractivity contribution in [3.05, 3.63) is 60.3 Å². The van der Waals surface area contributed by atoms with Gasteiger partial charge in [0.1, 0.15) is 5.25 Å². The normalized spacial score (nSPS) is 12.9. The van der Waals surface area contributed by atoms with Crippen molar-refractivity contribution in [3.63, 3.8) is 0 Å². The average Bonchev–Trinajstić information content (AvgIpc) is 2.61. The van der Waals surface area contributed by atoms with Crippen LogP contribution in [0.1, 0.15) is 12.5 Å². The van der Waals surface area contributed by atoms with E-state index in [0.29, 0.717) is 11.1 Å². The standard InChI is InChI=1S/C19H14F3NO2S/c1-11(18(24)25)26-17-8-9-23-16-7-4-13(10-15(16)17)12-2-5-14(6-3-12)19(20,21)22/h2-11H,1H3,(H,24,25). The SMILES string of the molecule is CC(Sc1ccnc2ccc(-c3ccc(C(F)(F)F)cc3)cc12)C(=O)O. The molecule has 1 atom stereocenters. The number of nitrogens with zero attached hydrogens (tertiary/aromatic N) is 1. The molecule has 3 rings (SSSR count). The molecular weight excluding hydrogens is 363 g/mol. The van der Waals surface area contributed by atoms with Gasteiger partial charge in [-0.25, -0.2) is 0 Å². The van der Waals surface area contributed by atoms with E-state index in [1.807, 2.05) is 6.07 Å². The Bertz CT molecular complexity index is 955. The lowest BCUT2D eigenvalue weighted by Crippen LogP contribution is -2.11. The molecule has 3 aromatic rings. The molecule has 0 fully saturated rings. The van der Waals surface area contributed by atoms with Crippen LogP contribution in [0.25, 0.3) is 22.0 Å². The van der Waals surface area contributed by atoms with E-state index in [-0.39, 0.29) is 0 Å². The number of carbonyl (C=O) groups is 1. The highest BCUT2D eigenvalue weighted by molar-refractivity contribution is 8.00. The van der Waals surface area contributed by atoms with Gasteiger partial charge in [-0.3, -0.25) is 9.78 Å². The van der Waals surface area contributed by atoms with Crippen LogP contribution < -0.4 is 0 Å². The molecule has 26 heavy (non-hydrogen) atoms. The van der Waals surface area contributed by atoms with E-state index >= 15 is 0 Å². The molecule has 0 saturated heterocycles. The summed E-state index contributed by atoms with van der Waals surface area (Å²) >= 11 is 1.20. The summed E-state index contributed by atoms with van der Waals surface area (Å²) in [6, 6.07) is 12.1. The average molecular weight is 377 g/mol. The molecule has 1 aromatic heterocycles. The molecule has 1 unspecified atom stereocenters. The predicted molar refractivity (Wildman–Crippen MR) is 95.1 cm³/mol. The maximum atomic E-state index is 12.7. The number of benzene rings is 2. The lowest BCUT2D eigenvalue weighted by molar-refractivity contribution is -0.138. The number of hydrogen-bond acceptors (Lipinski definition) is 3. The molecule has 0 spiro atoms. The Morgan fingerprint density at radius 2 is 1.73 bits per heavy atom. The lowest BCUT2D eigenvalue weighted by atomic mass is 10.0. The molecular formula is C19H14F3NO2S. The molecule has 0 saturated carbocycles. The number of alkyl halides is 3. The van der Waals surface area contributed by atoms with Crippen LogP contribution in [-0.2, 0) is 11.0 Å². The smallest absolute Gasteiger partial charge is 0.416 e. The second-order valence-electron chi connectivity index (χ2n) is 5.71. The van der Waals surface area contributed by atoms with Crippen molar-refractivity contribution in [1.29, 1.82) is 0 Å². The zero-order chi connectivity index (χ0) is 18.9. The first kappa shape index (κ1) is 18.3. The van der Waals surface area contributed by atoms with Crippen LogP contribution in [0.4, 0.5) is 13.2 Å². The topological polar surface area (TPSA) is 50.2 Å². The molecule has 0 bridgehead atoms. The first-order chi connectivity index (χ1) is 12.3. The summed E-state index contributed by atoms with van der Waals surface area (Å²) < 4.78 is 38.1. The monoisotopic (exact) mass is 377 g/mol. The number of halogens is 3. The van der Waals surface area contributed by atoms with Crippen molar-refractivity contribution in [2.24, 2.45) is 0 Å². The van der Waals surface area contributed by atoms with E-state index in [4.69, 9.17) is 5.11 Å². The molecule has 0 aliphatic rings. The summed E-state index contributed by atoms with van der Waals surface area (Å²) in [6.45, 7) is 1.60. The van der Waals surface area contributed by atoms with Gasteiger partial charge in [-0.15, -0.1) is 11.8 Å². The summed E-state index contributed by atoms with van der Waals surface area (Å²) in [5.41, 5.74) is 1.38. The van der Waals surface area contributed by atoms with Crippen LogP contribution in [0.3, 0.4) is 0 Å². The van der Waals surface area contributed by atoms with Crippen molar-refractivity contribution < 1.29 is 23.1 Å². The highest BCUT2D eigenvalue weighted by atomic mass is 32.2. The van der Waals surface area contributed by atoms with E-state index in [2.05, 4.69) is 4.98 Å². The van der Waals surface area contributed by atoms with E-state index in [9.17, 15) is 18.0 Å². The quantitative estimate of drug-likeness (QED) is 0.611. The number of carboxylic acid groups (broad SMARTS) is 1. The minimum atomic E-state index is -4.37. The summed E-state index contributed by atoms with van der Waals surface area (Å²) in [4.78, 5) is 16.1. The van der Waals surface area contributed by atoms with Gasteiger partial charge in [0.05, 0.1) is 11.1 Å². The molecule has 3 nitrogen and oxygen atoms in total. The van der Waals surface area contributed by atoms with Gasteiger partial charge in [0.2, 0.25) is 0 Å². The van der Waals surface area contributed by atoms with Crippen molar-refractivity contribution >= 4 is 28.6 Å². The molecule has 134 valence electrons. The maximum Gasteiger partial charge on any atom is 0.416 e. The molecule has 1 heterocycles. The molecule has 0 radical (unpaired) electrons. The van der Waals surface area contributed by atoms with Gasteiger partial charge in [-0.2, -0.15) is 13.2 Å². The fourth-order valence-corrected chi connectivity index (χ4v) is 3.41. The van der Waals surface area contributed by atoms with Gasteiger partial charge in [-0.1, -0.05) is 18.2 Å². The Morgan fingerprint density at radius 3 is 2.35 bits per heavy atom. The third kappa shape index (κ3) is 3.83. The number of aliphatic carboxylic acids is 1. The first-order valence-electron chi connectivity index (χ1n) is 7.71. The number of rotatable bonds is 4. The fourth-order valence-electron chi connectivity index (χ4n) is 2.50. The Kier molecular flexibility index (Phi) is 4.91. The Morgan fingerprint density at radius 1 is 1.08 bits per heavy atom. The van der Waals surface area contributed by atoms with Gasteiger partial charge in [0.15, 0.2) is 0 Å². The lowest BCUT2D eigenvalue weighted by Gasteiger charge is -2.11. The van der Waals surface area contributed by atoms with Crippen LogP contribution in [-0.4, -0.2) is 21.3 Å². The van der Waals surface area contributed by atoms with Gasteiger partial charge in [0, 0.05) is 16.5 Å². The van der Waals surface area contributed by atoms with Crippen molar-refractivity contribution in [1.82, 2.24) is 4.98 Å². The van der Waals surface area contributed by atoms with Crippen LogP contribution >= 0.6 is 11.8 Å². The zero-order valence-electron chi connectivity index (χ0n) is 13.6. The second kappa shape index (κ2) is 6.99. The molecule has 1 N–H and O–H groups in total. The van der Waals surface area contributed by atoms with Gasteiger partial charge >= 0.3 is 12.1 Å². The number of hydrogen-bond donors (Lipinski definition) is 1. The summed E-state index contributed by atoms with van der Waals surface area (Å²) in [5.74, 6) is -0.918. The third-order valence-electron chi connectivity index (χ3n) is 3.90. The maximum absolute atomic E-state index is 12.7. The highest BCUT2D eigenvalue weighted by Crippen LogP contribution is 2.34. The zero-order valence-corrected chi connectivity index (χ0v) is 14.4. The van der Waals surface area contributed by atoms with Gasteiger partial charge < -0.3 is 5.11 Å². The van der Waals surface area contributed by atoms with Crippen molar-refractivity contribution in [2.75, 3.05) is 0 Å². The van der Waals surface area contributed by atoms with E-state index in [0.717, 1.165) is 28.0 Å². The van der Waals surface area contributed by atoms with Crippen LogP contribution in [0.2, 0.25) is 0 Å². The van der Waals surface area contributed by atoms with Crippen molar-refractivity contribution in [3.8, 4) is 11.1 Å². The Hall–Kier alpha value is -2.54. The largest absolute Gasteiger partial charge is 0.480 e. The molecule has 0 amide bonds. The predicted octanol–water partition coefficient (Wildman–Crippen LogP) is 5.49. The first-order valence-corrected chi connectivity index (χ1v) is 8.59. The Labute approximate surface area is 151 Å². The second-order valence-corrected chi connectivity index (χ2v) is 7.10. The van der Waals surface area contributed by atoms with Gasteiger partial charge in [-0.05, 0) is 48.4 Å². The minimum absolute atomic E-state index is 0.629.